The van der Waals surface area contributed by atoms with Crippen LogP contribution in [-0.2, 0) is 9.78 Å². The first-order valence-electron chi connectivity index (χ1n) is 9.08. The molecular weight excluding hydrogens is 264 g/mol. The Morgan fingerprint density at radius 1 is 0.810 bits per heavy atom. The summed E-state index contributed by atoms with van der Waals surface area (Å²) in [6.45, 7) is 4.76. The molecule has 120 valence electrons. The van der Waals surface area contributed by atoms with Gasteiger partial charge >= 0.3 is 0 Å². The van der Waals surface area contributed by atoms with Crippen LogP contribution in [0.15, 0.2) is 0 Å². The number of fused-ring (bicyclic) bond motifs is 1. The van der Waals surface area contributed by atoms with Crippen LogP contribution in [0.5, 0.6) is 0 Å². The molecule has 0 radical (unpaired) electrons. The summed E-state index contributed by atoms with van der Waals surface area (Å²) in [6.07, 6.45) is 9.88. The second kappa shape index (κ2) is 4.94. The summed E-state index contributed by atoms with van der Waals surface area (Å²) in [5.41, 5.74) is -0.145. The van der Waals surface area contributed by atoms with Crippen molar-refractivity contribution in [1.82, 2.24) is 0 Å². The lowest BCUT2D eigenvalue weighted by atomic mass is 9.69. The van der Waals surface area contributed by atoms with Crippen molar-refractivity contribution in [3.63, 3.8) is 0 Å². The van der Waals surface area contributed by atoms with Gasteiger partial charge in [0.1, 0.15) is 11.2 Å². The molecule has 1 N–H and O–H groups in total. The lowest BCUT2D eigenvalue weighted by molar-refractivity contribution is -0.462. The minimum Gasteiger partial charge on any atom is -0.393 e. The fraction of sp³-hybridized carbons (Fsp3) is 1.00. The molecule has 0 bridgehead atoms. The Morgan fingerprint density at radius 2 is 1.43 bits per heavy atom. The van der Waals surface area contributed by atoms with Crippen molar-refractivity contribution in [3.8, 4) is 0 Å². The van der Waals surface area contributed by atoms with Crippen molar-refractivity contribution in [1.29, 1.82) is 0 Å². The average molecular weight is 294 g/mol. The third kappa shape index (κ3) is 2.36. The van der Waals surface area contributed by atoms with Gasteiger partial charge < -0.3 is 5.11 Å². The van der Waals surface area contributed by atoms with Gasteiger partial charge in [-0.15, -0.1) is 0 Å². The van der Waals surface area contributed by atoms with Crippen LogP contribution in [0.2, 0.25) is 0 Å². The molecule has 2 spiro atoms. The van der Waals surface area contributed by atoms with Crippen LogP contribution in [0, 0.1) is 23.7 Å². The van der Waals surface area contributed by atoms with Gasteiger partial charge in [-0.3, -0.25) is 0 Å². The predicted octanol–water partition coefficient (Wildman–Crippen LogP) is 3.84. The molecule has 1 heterocycles. The summed E-state index contributed by atoms with van der Waals surface area (Å²) < 4.78 is 0. The summed E-state index contributed by atoms with van der Waals surface area (Å²) in [5, 5.41) is 9.72. The molecule has 4 rings (SSSR count). The third-order valence-electron chi connectivity index (χ3n) is 7.26. The molecule has 4 fully saturated rings. The normalized spacial score (nSPS) is 57.0. The molecule has 4 unspecified atom stereocenters. The molecule has 4 atom stereocenters. The monoisotopic (exact) mass is 294 g/mol. The maximum absolute atomic E-state index is 9.72. The molecule has 0 aromatic carbocycles. The first-order chi connectivity index (χ1) is 10.0. The molecule has 4 aliphatic rings. The van der Waals surface area contributed by atoms with Gasteiger partial charge in [0.05, 0.1) is 6.10 Å². The number of aliphatic hydroxyl groups is 1. The Hall–Kier alpha value is -0.120. The second-order valence-electron chi connectivity index (χ2n) is 8.57. The summed E-state index contributed by atoms with van der Waals surface area (Å²) in [6, 6.07) is 0. The molecule has 0 aromatic rings. The first-order valence-corrected chi connectivity index (χ1v) is 9.08. The van der Waals surface area contributed by atoms with Crippen LogP contribution < -0.4 is 0 Å². The van der Waals surface area contributed by atoms with Gasteiger partial charge in [0.15, 0.2) is 0 Å². The van der Waals surface area contributed by atoms with E-state index >= 15 is 0 Å². The van der Waals surface area contributed by atoms with E-state index < -0.39 is 0 Å². The van der Waals surface area contributed by atoms with E-state index in [-0.39, 0.29) is 17.3 Å². The zero-order valence-electron chi connectivity index (χ0n) is 13.5. The second-order valence-corrected chi connectivity index (χ2v) is 8.57. The highest BCUT2D eigenvalue weighted by molar-refractivity contribution is 5.04. The smallest absolute Gasteiger partial charge is 0.109 e. The van der Waals surface area contributed by atoms with E-state index in [1.165, 1.54) is 19.3 Å². The quantitative estimate of drug-likeness (QED) is 0.690. The Balaban J connectivity index is 1.47. The summed E-state index contributed by atoms with van der Waals surface area (Å²) in [4.78, 5) is 12.3. The van der Waals surface area contributed by atoms with Crippen molar-refractivity contribution in [3.05, 3.63) is 0 Å². The van der Waals surface area contributed by atoms with Gasteiger partial charge in [-0.25, -0.2) is 9.78 Å². The van der Waals surface area contributed by atoms with Crippen LogP contribution in [0.3, 0.4) is 0 Å². The molecule has 3 heteroatoms. The lowest BCUT2D eigenvalue weighted by Gasteiger charge is -2.51. The minimum absolute atomic E-state index is 0.0469. The van der Waals surface area contributed by atoms with Crippen LogP contribution in [0.25, 0.3) is 0 Å². The van der Waals surface area contributed by atoms with Crippen molar-refractivity contribution >= 4 is 0 Å². The van der Waals surface area contributed by atoms with E-state index in [0.717, 1.165) is 50.4 Å². The molecular formula is C18H30O3. The molecule has 1 saturated heterocycles. The van der Waals surface area contributed by atoms with Crippen LogP contribution >= 0.6 is 0 Å². The highest BCUT2D eigenvalue weighted by Crippen LogP contribution is 2.58. The molecule has 0 amide bonds. The number of rotatable bonds is 0. The average Bonchev–Trinajstić information content (AvgIpc) is 3.21. The van der Waals surface area contributed by atoms with E-state index in [4.69, 9.17) is 9.78 Å². The number of hydrogen-bond acceptors (Lipinski definition) is 3. The third-order valence-corrected chi connectivity index (χ3v) is 7.26. The molecule has 21 heavy (non-hydrogen) atoms. The largest absolute Gasteiger partial charge is 0.393 e. The Bertz CT molecular complexity index is 371. The fourth-order valence-corrected chi connectivity index (χ4v) is 5.47. The zero-order chi connectivity index (χ0) is 14.7. The van der Waals surface area contributed by atoms with Crippen molar-refractivity contribution < 1.29 is 14.9 Å². The molecule has 3 nitrogen and oxygen atoms in total. The van der Waals surface area contributed by atoms with Crippen LogP contribution in [0.1, 0.15) is 71.6 Å². The summed E-state index contributed by atoms with van der Waals surface area (Å²) in [7, 11) is 0. The van der Waals surface area contributed by atoms with Gasteiger partial charge in [0, 0.05) is 0 Å². The van der Waals surface area contributed by atoms with Gasteiger partial charge in [0.2, 0.25) is 0 Å². The highest BCUT2D eigenvalue weighted by atomic mass is 17.2. The highest BCUT2D eigenvalue weighted by Gasteiger charge is 2.56. The zero-order valence-corrected chi connectivity index (χ0v) is 13.5. The Kier molecular flexibility index (Phi) is 3.40. The van der Waals surface area contributed by atoms with Gasteiger partial charge in [-0.1, -0.05) is 13.8 Å². The summed E-state index contributed by atoms with van der Waals surface area (Å²) in [5.74, 6) is 3.14. The number of hydrogen-bond donors (Lipinski definition) is 1. The molecule has 0 aromatic heterocycles. The van der Waals surface area contributed by atoms with Crippen molar-refractivity contribution in [2.24, 2.45) is 23.7 Å². The summed E-state index contributed by atoms with van der Waals surface area (Å²) >= 11 is 0. The van der Waals surface area contributed by atoms with E-state index in [1.54, 1.807) is 0 Å². The van der Waals surface area contributed by atoms with Crippen LogP contribution in [0.4, 0.5) is 0 Å². The van der Waals surface area contributed by atoms with Crippen molar-refractivity contribution in [2.45, 2.75) is 88.9 Å². The van der Waals surface area contributed by atoms with Crippen LogP contribution in [-0.4, -0.2) is 22.4 Å². The maximum Gasteiger partial charge on any atom is 0.109 e. The van der Waals surface area contributed by atoms with E-state index in [0.29, 0.717) is 11.8 Å². The molecule has 1 aliphatic heterocycles. The first kappa shape index (κ1) is 14.5. The number of aliphatic hydroxyl groups excluding tert-OH is 1. The topological polar surface area (TPSA) is 38.7 Å². The van der Waals surface area contributed by atoms with Gasteiger partial charge in [-0.05, 0) is 81.5 Å². The van der Waals surface area contributed by atoms with Gasteiger partial charge in [0.25, 0.3) is 0 Å². The molecule has 3 saturated carbocycles. The van der Waals surface area contributed by atoms with Crippen molar-refractivity contribution in [2.75, 3.05) is 0 Å². The van der Waals surface area contributed by atoms with E-state index in [2.05, 4.69) is 13.8 Å². The van der Waals surface area contributed by atoms with Gasteiger partial charge in [-0.2, -0.15) is 0 Å². The molecule has 3 aliphatic carbocycles. The lowest BCUT2D eigenvalue weighted by Crippen LogP contribution is -2.54. The SMILES string of the molecule is CC1CC2CC2CC(C)C12CCC1(CCC(O)CC1)OO2. The standard InChI is InChI=1S/C18H30O3/c1-12-9-14-11-15(14)10-13(2)18(12)8-7-17(20-21-18)5-3-16(19)4-6-17/h12-16,19H,3-11H2,1-2H3. The predicted molar refractivity (Wildman–Crippen MR) is 80.5 cm³/mol. The van der Waals surface area contributed by atoms with E-state index in [1.807, 2.05) is 0 Å². The minimum atomic E-state index is -0.127. The Morgan fingerprint density at radius 3 is 1.95 bits per heavy atom. The maximum atomic E-state index is 9.72. The Labute approximate surface area is 128 Å². The fourth-order valence-electron chi connectivity index (χ4n) is 5.47. The van der Waals surface area contributed by atoms with E-state index in [9.17, 15) is 5.11 Å².